The lowest BCUT2D eigenvalue weighted by molar-refractivity contribution is 0.246. The maximum Gasteiger partial charge on any atom is 0.319 e. The van der Waals surface area contributed by atoms with Crippen LogP contribution in [0.3, 0.4) is 0 Å². The van der Waals surface area contributed by atoms with Crippen molar-refractivity contribution in [1.82, 2.24) is 15.5 Å². The zero-order valence-electron chi connectivity index (χ0n) is 15.5. The molecule has 3 rings (SSSR count). The van der Waals surface area contributed by atoms with Gasteiger partial charge in [-0.3, -0.25) is 0 Å². The Balaban J connectivity index is 1.43. The van der Waals surface area contributed by atoms with Gasteiger partial charge in [0.2, 0.25) is 5.88 Å². The smallest absolute Gasteiger partial charge is 0.319 e. The number of carbonyl (C=O) groups is 1. The minimum absolute atomic E-state index is 0.241. The highest BCUT2D eigenvalue weighted by Crippen LogP contribution is 2.25. The molecular formula is C20H18Cl2N4O3. The number of benzene rings is 2. The Morgan fingerprint density at radius 3 is 2.45 bits per heavy atom. The van der Waals surface area contributed by atoms with E-state index in [1.165, 1.54) is 0 Å². The second kappa shape index (κ2) is 9.95. The molecule has 0 saturated heterocycles. The van der Waals surface area contributed by atoms with Crippen LogP contribution in [0.2, 0.25) is 10.0 Å². The van der Waals surface area contributed by atoms with E-state index < -0.39 is 0 Å². The molecule has 0 saturated carbocycles. The summed E-state index contributed by atoms with van der Waals surface area (Å²) in [7, 11) is 1.62. The van der Waals surface area contributed by atoms with Crippen LogP contribution >= 0.6 is 23.2 Å². The summed E-state index contributed by atoms with van der Waals surface area (Å²) in [6.07, 6.45) is 0. The highest BCUT2D eigenvalue weighted by atomic mass is 35.5. The molecular weight excluding hydrogens is 415 g/mol. The van der Waals surface area contributed by atoms with Gasteiger partial charge in [0.15, 0.2) is 0 Å². The second-order valence-corrected chi connectivity index (χ2v) is 6.66. The fraction of sp³-hybridized carbons (Fsp3) is 0.150. The fourth-order valence-corrected chi connectivity index (χ4v) is 2.68. The summed E-state index contributed by atoms with van der Waals surface area (Å²) in [5.41, 5.74) is 2.18. The number of anilines is 1. The van der Waals surface area contributed by atoms with Crippen molar-refractivity contribution in [3.63, 3.8) is 0 Å². The van der Waals surface area contributed by atoms with Gasteiger partial charge in [-0.2, -0.15) is 0 Å². The normalized spacial score (nSPS) is 10.3. The Labute approximate surface area is 178 Å². The van der Waals surface area contributed by atoms with Crippen LogP contribution in [0, 0.1) is 0 Å². The Morgan fingerprint density at radius 2 is 1.79 bits per heavy atom. The molecule has 1 aromatic heterocycles. The van der Waals surface area contributed by atoms with Crippen LogP contribution in [0.5, 0.6) is 11.6 Å². The number of nitrogens with one attached hydrogen (secondary N) is 2. The van der Waals surface area contributed by atoms with Crippen molar-refractivity contribution in [3.05, 3.63) is 64.6 Å². The predicted octanol–water partition coefficient (Wildman–Crippen LogP) is 4.66. The molecule has 29 heavy (non-hydrogen) atoms. The monoisotopic (exact) mass is 432 g/mol. The van der Waals surface area contributed by atoms with Crippen molar-refractivity contribution in [2.75, 3.05) is 25.6 Å². The largest absolute Gasteiger partial charge is 0.497 e. The summed E-state index contributed by atoms with van der Waals surface area (Å²) in [5.74, 6) is 1.14. The highest BCUT2D eigenvalue weighted by molar-refractivity contribution is 6.42. The van der Waals surface area contributed by atoms with Crippen molar-refractivity contribution >= 4 is 34.9 Å². The first-order valence-electron chi connectivity index (χ1n) is 8.66. The lowest BCUT2D eigenvalue weighted by Gasteiger charge is -2.09. The van der Waals surface area contributed by atoms with Gasteiger partial charge in [0, 0.05) is 17.3 Å². The third-order valence-electron chi connectivity index (χ3n) is 3.84. The van der Waals surface area contributed by atoms with Gasteiger partial charge in [0.25, 0.3) is 0 Å². The van der Waals surface area contributed by atoms with E-state index in [0.717, 1.165) is 17.0 Å². The van der Waals surface area contributed by atoms with Gasteiger partial charge in [0.05, 0.1) is 29.4 Å². The molecule has 1 heterocycles. The quantitative estimate of drug-likeness (QED) is 0.530. The molecule has 0 atom stereocenters. The fourth-order valence-electron chi connectivity index (χ4n) is 2.38. The molecule has 7 nitrogen and oxygen atoms in total. The molecule has 0 radical (unpaired) electrons. The van der Waals surface area contributed by atoms with E-state index in [-0.39, 0.29) is 19.2 Å². The van der Waals surface area contributed by atoms with Crippen LogP contribution in [0.25, 0.3) is 11.3 Å². The van der Waals surface area contributed by atoms with Gasteiger partial charge in [0.1, 0.15) is 12.4 Å². The van der Waals surface area contributed by atoms with Gasteiger partial charge in [-0.25, -0.2) is 4.79 Å². The molecule has 9 heteroatoms. The maximum absolute atomic E-state index is 11.9. The van der Waals surface area contributed by atoms with E-state index >= 15 is 0 Å². The standard InChI is InChI=1S/C20H18Cl2N4O3/c1-28-15-5-2-13(3-6-15)18-8-9-19(26-25-18)29-11-10-23-20(27)24-14-4-7-16(21)17(22)12-14/h2-9,12H,10-11H2,1H3,(H2,23,24,27). The highest BCUT2D eigenvalue weighted by Gasteiger charge is 2.05. The summed E-state index contributed by atoms with van der Waals surface area (Å²) < 4.78 is 10.6. The molecule has 2 N–H and O–H groups in total. The third-order valence-corrected chi connectivity index (χ3v) is 4.58. The number of rotatable bonds is 7. The van der Waals surface area contributed by atoms with Crippen LogP contribution in [0.4, 0.5) is 10.5 Å². The zero-order chi connectivity index (χ0) is 20.6. The van der Waals surface area contributed by atoms with E-state index in [2.05, 4.69) is 20.8 Å². The molecule has 0 aliphatic heterocycles. The molecule has 0 aliphatic rings. The van der Waals surface area contributed by atoms with Crippen molar-refractivity contribution in [1.29, 1.82) is 0 Å². The number of halogens is 2. The van der Waals surface area contributed by atoms with Gasteiger partial charge in [-0.05, 0) is 48.5 Å². The van der Waals surface area contributed by atoms with E-state index in [1.807, 2.05) is 30.3 Å². The number of nitrogens with zero attached hydrogens (tertiary/aromatic N) is 2. The van der Waals surface area contributed by atoms with Crippen molar-refractivity contribution < 1.29 is 14.3 Å². The Bertz CT molecular complexity index is 966. The van der Waals surface area contributed by atoms with Crippen LogP contribution in [-0.4, -0.2) is 36.5 Å². The average molecular weight is 433 g/mol. The topological polar surface area (TPSA) is 85.4 Å². The first kappa shape index (κ1) is 20.7. The number of aromatic nitrogens is 2. The molecule has 0 bridgehead atoms. The van der Waals surface area contributed by atoms with Crippen LogP contribution < -0.4 is 20.1 Å². The summed E-state index contributed by atoms with van der Waals surface area (Å²) in [5, 5.41) is 14.3. The van der Waals surface area contributed by atoms with Crippen LogP contribution in [0.15, 0.2) is 54.6 Å². The molecule has 0 aliphatic carbocycles. The number of urea groups is 1. The minimum atomic E-state index is -0.382. The number of methoxy groups -OCH3 is 1. The molecule has 2 amide bonds. The number of hydrogen-bond donors (Lipinski definition) is 2. The van der Waals surface area contributed by atoms with Gasteiger partial charge >= 0.3 is 6.03 Å². The molecule has 0 fully saturated rings. The molecule has 3 aromatic rings. The summed E-state index contributed by atoms with van der Waals surface area (Å²) in [6.45, 7) is 0.528. The number of hydrogen-bond acceptors (Lipinski definition) is 5. The second-order valence-electron chi connectivity index (χ2n) is 5.84. The van der Waals surface area contributed by atoms with Gasteiger partial charge in [-0.15, -0.1) is 10.2 Å². The van der Waals surface area contributed by atoms with Crippen LogP contribution in [0.1, 0.15) is 0 Å². The molecule has 0 spiro atoms. The zero-order valence-corrected chi connectivity index (χ0v) is 17.0. The first-order valence-corrected chi connectivity index (χ1v) is 9.41. The summed E-state index contributed by atoms with van der Waals surface area (Å²) in [4.78, 5) is 11.9. The van der Waals surface area contributed by atoms with E-state index in [9.17, 15) is 4.79 Å². The van der Waals surface area contributed by atoms with Crippen molar-refractivity contribution in [2.24, 2.45) is 0 Å². The lowest BCUT2D eigenvalue weighted by Crippen LogP contribution is -2.32. The number of carbonyl (C=O) groups excluding carboxylic acids is 1. The van der Waals surface area contributed by atoms with Crippen LogP contribution in [-0.2, 0) is 0 Å². The van der Waals surface area contributed by atoms with E-state index in [1.54, 1.807) is 31.4 Å². The lowest BCUT2D eigenvalue weighted by atomic mass is 10.1. The predicted molar refractivity (Wildman–Crippen MR) is 113 cm³/mol. The summed E-state index contributed by atoms with van der Waals surface area (Å²) in [6, 6.07) is 15.5. The Hall–Kier alpha value is -3.03. The van der Waals surface area contributed by atoms with E-state index in [0.29, 0.717) is 21.6 Å². The van der Waals surface area contributed by atoms with Gasteiger partial charge < -0.3 is 20.1 Å². The summed E-state index contributed by atoms with van der Waals surface area (Å²) >= 11 is 11.8. The van der Waals surface area contributed by atoms with Crippen molar-refractivity contribution in [2.45, 2.75) is 0 Å². The SMILES string of the molecule is COc1ccc(-c2ccc(OCCNC(=O)Nc3ccc(Cl)c(Cl)c3)nn2)cc1. The number of ether oxygens (including phenoxy) is 2. The number of amides is 2. The van der Waals surface area contributed by atoms with Crippen molar-refractivity contribution in [3.8, 4) is 22.9 Å². The Morgan fingerprint density at radius 1 is 1.00 bits per heavy atom. The average Bonchev–Trinajstić information content (AvgIpc) is 2.74. The Kier molecular flexibility index (Phi) is 7.10. The molecule has 2 aromatic carbocycles. The first-order chi connectivity index (χ1) is 14.0. The third kappa shape index (κ3) is 5.97. The van der Waals surface area contributed by atoms with E-state index in [4.69, 9.17) is 32.7 Å². The maximum atomic E-state index is 11.9. The van der Waals surface area contributed by atoms with Gasteiger partial charge in [-0.1, -0.05) is 23.2 Å². The minimum Gasteiger partial charge on any atom is -0.497 e. The molecule has 150 valence electrons. The molecule has 0 unspecified atom stereocenters.